The summed E-state index contributed by atoms with van der Waals surface area (Å²) in [5.74, 6) is 1.11. The molecule has 0 heterocycles. The van der Waals surface area contributed by atoms with Crippen LogP contribution in [-0.2, 0) is 0 Å². The van der Waals surface area contributed by atoms with Gasteiger partial charge in [0.25, 0.3) is 0 Å². The fraction of sp³-hybridized carbons (Fsp3) is 0.500. The Hall–Kier alpha value is -1.56. The van der Waals surface area contributed by atoms with Crippen LogP contribution in [0.1, 0.15) is 31.7 Å². The summed E-state index contributed by atoms with van der Waals surface area (Å²) in [5.41, 5.74) is 0.867. The molecular weight excluding hydrogens is 215 g/mol. The van der Waals surface area contributed by atoms with Gasteiger partial charge in [-0.1, -0.05) is 13.3 Å². The van der Waals surface area contributed by atoms with Crippen LogP contribution in [0.4, 0.5) is 10.1 Å². The van der Waals surface area contributed by atoms with E-state index in [0.717, 1.165) is 12.5 Å². The standard InChI is InChI=1S/C14H17FN2/c1-10-2-3-12(6-10)9-17-14-5-4-11(8-16)7-13(14)15/h4-5,7,10,12,17H,2-3,6,9H2,1H3. The number of hydrogen-bond donors (Lipinski definition) is 1. The van der Waals surface area contributed by atoms with Gasteiger partial charge in [-0.05, 0) is 42.9 Å². The van der Waals surface area contributed by atoms with Gasteiger partial charge in [0.1, 0.15) is 5.82 Å². The number of nitriles is 1. The highest BCUT2D eigenvalue weighted by atomic mass is 19.1. The summed E-state index contributed by atoms with van der Waals surface area (Å²) in [6, 6.07) is 6.49. The number of nitrogens with one attached hydrogen (secondary N) is 1. The lowest BCUT2D eigenvalue weighted by molar-refractivity contribution is 0.535. The molecule has 90 valence electrons. The topological polar surface area (TPSA) is 35.8 Å². The molecule has 0 spiro atoms. The molecule has 17 heavy (non-hydrogen) atoms. The summed E-state index contributed by atoms with van der Waals surface area (Å²) in [7, 11) is 0. The van der Waals surface area contributed by atoms with Crippen molar-refractivity contribution in [2.75, 3.05) is 11.9 Å². The zero-order chi connectivity index (χ0) is 12.3. The predicted octanol–water partition coefficient (Wildman–Crippen LogP) is 3.55. The van der Waals surface area contributed by atoms with Gasteiger partial charge in [0, 0.05) is 6.54 Å². The van der Waals surface area contributed by atoms with E-state index in [1.807, 2.05) is 6.07 Å². The Morgan fingerprint density at radius 2 is 2.29 bits per heavy atom. The largest absolute Gasteiger partial charge is 0.382 e. The normalized spacial score (nSPS) is 23.4. The average Bonchev–Trinajstić information content (AvgIpc) is 2.73. The third kappa shape index (κ3) is 2.97. The summed E-state index contributed by atoms with van der Waals surface area (Å²) in [5, 5.41) is 11.8. The smallest absolute Gasteiger partial charge is 0.147 e. The first-order chi connectivity index (χ1) is 8.19. The Bertz CT molecular complexity index is 436. The highest BCUT2D eigenvalue weighted by Crippen LogP contribution is 2.30. The monoisotopic (exact) mass is 232 g/mol. The van der Waals surface area contributed by atoms with Gasteiger partial charge in [-0.15, -0.1) is 0 Å². The van der Waals surface area contributed by atoms with E-state index in [1.165, 1.54) is 25.3 Å². The van der Waals surface area contributed by atoms with E-state index in [2.05, 4.69) is 12.2 Å². The Morgan fingerprint density at radius 1 is 1.47 bits per heavy atom. The Labute approximate surface area is 101 Å². The third-order valence-corrected chi connectivity index (χ3v) is 3.48. The molecule has 1 aromatic rings. The van der Waals surface area contributed by atoms with E-state index in [1.54, 1.807) is 12.1 Å². The van der Waals surface area contributed by atoms with Crippen LogP contribution < -0.4 is 5.32 Å². The van der Waals surface area contributed by atoms with Crippen LogP contribution >= 0.6 is 0 Å². The molecule has 2 rings (SSSR count). The van der Waals surface area contributed by atoms with Gasteiger partial charge in [0.05, 0.1) is 17.3 Å². The molecular formula is C14H17FN2. The van der Waals surface area contributed by atoms with E-state index in [9.17, 15) is 4.39 Å². The predicted molar refractivity (Wildman–Crippen MR) is 66.1 cm³/mol. The van der Waals surface area contributed by atoms with Crippen molar-refractivity contribution in [2.45, 2.75) is 26.2 Å². The maximum Gasteiger partial charge on any atom is 0.147 e. The van der Waals surface area contributed by atoms with E-state index < -0.39 is 0 Å². The van der Waals surface area contributed by atoms with E-state index in [-0.39, 0.29) is 5.82 Å². The molecule has 2 unspecified atom stereocenters. The molecule has 1 aliphatic rings. The minimum absolute atomic E-state index is 0.338. The first kappa shape index (κ1) is 11.9. The molecule has 2 atom stereocenters. The van der Waals surface area contributed by atoms with Crippen LogP contribution in [0.2, 0.25) is 0 Å². The molecule has 3 heteroatoms. The van der Waals surface area contributed by atoms with Crippen molar-refractivity contribution >= 4 is 5.69 Å². The molecule has 1 N–H and O–H groups in total. The van der Waals surface area contributed by atoms with Crippen LogP contribution in [0, 0.1) is 29.0 Å². The minimum atomic E-state index is -0.338. The SMILES string of the molecule is CC1CCC(CNc2ccc(C#N)cc2F)C1. The average molecular weight is 232 g/mol. The van der Waals surface area contributed by atoms with Crippen molar-refractivity contribution in [2.24, 2.45) is 11.8 Å². The molecule has 0 amide bonds. The Kier molecular flexibility index (Phi) is 3.63. The van der Waals surface area contributed by atoms with E-state index in [4.69, 9.17) is 5.26 Å². The summed E-state index contributed by atoms with van der Waals surface area (Å²) in [6.07, 6.45) is 3.74. The Balaban J connectivity index is 1.93. The van der Waals surface area contributed by atoms with Gasteiger partial charge in [-0.3, -0.25) is 0 Å². The van der Waals surface area contributed by atoms with Crippen LogP contribution in [0.5, 0.6) is 0 Å². The molecule has 2 nitrogen and oxygen atoms in total. The zero-order valence-electron chi connectivity index (χ0n) is 10.0. The Morgan fingerprint density at radius 3 is 2.88 bits per heavy atom. The number of anilines is 1. The van der Waals surface area contributed by atoms with Crippen molar-refractivity contribution in [1.29, 1.82) is 5.26 Å². The lowest BCUT2D eigenvalue weighted by Crippen LogP contribution is -2.12. The van der Waals surface area contributed by atoms with Crippen LogP contribution in [0.15, 0.2) is 18.2 Å². The molecule has 0 aromatic heterocycles. The highest BCUT2D eigenvalue weighted by molar-refractivity contribution is 5.48. The number of rotatable bonds is 3. The molecule has 1 saturated carbocycles. The molecule has 1 aromatic carbocycles. The number of nitrogens with zero attached hydrogens (tertiary/aromatic N) is 1. The van der Waals surface area contributed by atoms with Crippen LogP contribution in [0.25, 0.3) is 0 Å². The zero-order valence-corrected chi connectivity index (χ0v) is 10.0. The van der Waals surface area contributed by atoms with Gasteiger partial charge < -0.3 is 5.32 Å². The number of hydrogen-bond acceptors (Lipinski definition) is 2. The van der Waals surface area contributed by atoms with Crippen molar-refractivity contribution in [3.63, 3.8) is 0 Å². The van der Waals surface area contributed by atoms with E-state index >= 15 is 0 Å². The van der Waals surface area contributed by atoms with Crippen molar-refractivity contribution in [3.8, 4) is 6.07 Å². The van der Waals surface area contributed by atoms with Crippen molar-refractivity contribution in [1.82, 2.24) is 0 Å². The van der Waals surface area contributed by atoms with Crippen LogP contribution in [-0.4, -0.2) is 6.54 Å². The van der Waals surface area contributed by atoms with Crippen molar-refractivity contribution < 1.29 is 4.39 Å². The fourth-order valence-electron chi connectivity index (χ4n) is 2.49. The van der Waals surface area contributed by atoms with Gasteiger partial charge in [-0.2, -0.15) is 5.26 Å². The highest BCUT2D eigenvalue weighted by Gasteiger charge is 2.21. The quantitative estimate of drug-likeness (QED) is 0.865. The number of halogens is 1. The van der Waals surface area contributed by atoms with E-state index in [0.29, 0.717) is 17.2 Å². The fourth-order valence-corrected chi connectivity index (χ4v) is 2.49. The first-order valence-electron chi connectivity index (χ1n) is 6.12. The van der Waals surface area contributed by atoms with Crippen LogP contribution in [0.3, 0.4) is 0 Å². The summed E-state index contributed by atoms with van der Waals surface area (Å²) < 4.78 is 13.6. The molecule has 1 fully saturated rings. The van der Waals surface area contributed by atoms with Gasteiger partial charge >= 0.3 is 0 Å². The maximum absolute atomic E-state index is 13.6. The lowest BCUT2D eigenvalue weighted by Gasteiger charge is -2.12. The van der Waals surface area contributed by atoms with Gasteiger partial charge in [0.15, 0.2) is 0 Å². The summed E-state index contributed by atoms with van der Waals surface area (Å²) >= 11 is 0. The van der Waals surface area contributed by atoms with Gasteiger partial charge in [0.2, 0.25) is 0 Å². The van der Waals surface area contributed by atoms with Crippen molar-refractivity contribution in [3.05, 3.63) is 29.6 Å². The molecule has 0 aliphatic heterocycles. The minimum Gasteiger partial charge on any atom is -0.382 e. The third-order valence-electron chi connectivity index (χ3n) is 3.48. The van der Waals surface area contributed by atoms with Gasteiger partial charge in [-0.25, -0.2) is 4.39 Å². The second-order valence-corrected chi connectivity index (χ2v) is 4.97. The second-order valence-electron chi connectivity index (χ2n) is 4.97. The maximum atomic E-state index is 13.6. The number of benzene rings is 1. The molecule has 0 radical (unpaired) electrons. The molecule has 1 aliphatic carbocycles. The molecule has 0 bridgehead atoms. The first-order valence-corrected chi connectivity index (χ1v) is 6.12. The summed E-state index contributed by atoms with van der Waals surface area (Å²) in [6.45, 7) is 3.09. The summed E-state index contributed by atoms with van der Waals surface area (Å²) in [4.78, 5) is 0. The second kappa shape index (κ2) is 5.18. The molecule has 0 saturated heterocycles. The lowest BCUT2D eigenvalue weighted by atomic mass is 10.1.